The van der Waals surface area contributed by atoms with Crippen molar-refractivity contribution in [2.75, 3.05) is 6.61 Å². The van der Waals surface area contributed by atoms with Crippen LogP contribution in [0.1, 0.15) is 106 Å². The molecule has 0 aliphatic carbocycles. The number of esters is 1. The lowest BCUT2D eigenvalue weighted by Crippen LogP contribution is -2.11. The van der Waals surface area contributed by atoms with Gasteiger partial charge in [0.15, 0.2) is 0 Å². The van der Waals surface area contributed by atoms with E-state index in [0.717, 1.165) is 55.4 Å². The topological polar surface area (TPSA) is 35.5 Å². The maximum Gasteiger partial charge on any atom is 0.343 e. The Morgan fingerprint density at radius 3 is 2.03 bits per heavy atom. The number of rotatable bonds is 14. The minimum atomic E-state index is -0.312. The minimum absolute atomic E-state index is 0.0875. The van der Waals surface area contributed by atoms with Crippen molar-refractivity contribution in [3.63, 3.8) is 0 Å². The Morgan fingerprint density at radius 2 is 1.39 bits per heavy atom. The maximum absolute atomic E-state index is 13.0. The number of carbonyl (C=O) groups is 1. The molecule has 192 valence electrons. The lowest BCUT2D eigenvalue weighted by Gasteiger charge is -2.19. The smallest absolute Gasteiger partial charge is 0.343 e. The van der Waals surface area contributed by atoms with Crippen molar-refractivity contribution in [3.8, 4) is 16.9 Å². The monoisotopic (exact) mass is 486 g/mol. The molecule has 0 saturated heterocycles. The Labute approximate surface area is 217 Å². The molecular formula is C33H42O3. The van der Waals surface area contributed by atoms with Gasteiger partial charge in [-0.3, -0.25) is 0 Å². The van der Waals surface area contributed by atoms with Crippen molar-refractivity contribution in [3.05, 3.63) is 89.5 Å². The van der Waals surface area contributed by atoms with E-state index in [1.165, 1.54) is 18.4 Å². The van der Waals surface area contributed by atoms with Gasteiger partial charge in [0.05, 0.1) is 11.7 Å². The first kappa shape index (κ1) is 27.7. The summed E-state index contributed by atoms with van der Waals surface area (Å²) in [7, 11) is 0. The second-order valence-corrected chi connectivity index (χ2v) is 9.62. The molecule has 0 aliphatic heterocycles. The van der Waals surface area contributed by atoms with Crippen molar-refractivity contribution in [2.24, 2.45) is 0 Å². The summed E-state index contributed by atoms with van der Waals surface area (Å²) in [6.07, 6.45) is 8.00. The minimum Gasteiger partial charge on any atom is -0.423 e. The van der Waals surface area contributed by atoms with E-state index in [4.69, 9.17) is 9.47 Å². The number of para-hydroxylation sites is 1. The van der Waals surface area contributed by atoms with Gasteiger partial charge in [-0.15, -0.1) is 0 Å². The van der Waals surface area contributed by atoms with Crippen molar-refractivity contribution in [2.45, 2.75) is 84.7 Å². The fourth-order valence-electron chi connectivity index (χ4n) is 4.57. The Hall–Kier alpha value is -2.91. The molecule has 2 unspecified atom stereocenters. The Morgan fingerprint density at radius 1 is 0.750 bits per heavy atom. The highest BCUT2D eigenvalue weighted by molar-refractivity contribution is 5.91. The van der Waals surface area contributed by atoms with Crippen LogP contribution < -0.4 is 4.74 Å². The van der Waals surface area contributed by atoms with Crippen LogP contribution in [0.15, 0.2) is 72.8 Å². The van der Waals surface area contributed by atoms with Crippen LogP contribution in [0.4, 0.5) is 0 Å². The molecule has 0 aliphatic rings. The zero-order valence-electron chi connectivity index (χ0n) is 22.5. The molecule has 0 aromatic heterocycles. The van der Waals surface area contributed by atoms with Crippen LogP contribution in [0.3, 0.4) is 0 Å². The summed E-state index contributed by atoms with van der Waals surface area (Å²) < 4.78 is 11.8. The van der Waals surface area contributed by atoms with E-state index in [2.05, 4.69) is 58.0 Å². The highest BCUT2D eigenvalue weighted by atomic mass is 16.5. The lowest BCUT2D eigenvalue weighted by atomic mass is 9.89. The predicted molar refractivity (Wildman–Crippen MR) is 150 cm³/mol. The highest BCUT2D eigenvalue weighted by Crippen LogP contribution is 2.34. The van der Waals surface area contributed by atoms with Gasteiger partial charge in [-0.1, -0.05) is 101 Å². The predicted octanol–water partition coefficient (Wildman–Crippen LogP) is 9.52. The molecule has 36 heavy (non-hydrogen) atoms. The molecular weight excluding hydrogens is 444 g/mol. The molecule has 3 heteroatoms. The molecule has 2 atom stereocenters. The van der Waals surface area contributed by atoms with Crippen molar-refractivity contribution in [1.29, 1.82) is 0 Å². The summed E-state index contributed by atoms with van der Waals surface area (Å²) in [4.78, 5) is 13.0. The average molecular weight is 487 g/mol. The van der Waals surface area contributed by atoms with Gasteiger partial charge in [-0.25, -0.2) is 4.79 Å². The SMILES string of the molecule is CCCCOC(C)c1ccc(-c2ccc(C(=O)Oc3ccccc3C(CCC)CCCC)cc2)cc1. The zero-order chi connectivity index (χ0) is 25.8. The number of carbonyl (C=O) groups excluding carboxylic acids is 1. The zero-order valence-corrected chi connectivity index (χ0v) is 22.5. The maximum atomic E-state index is 13.0. The quantitative estimate of drug-likeness (QED) is 0.129. The van der Waals surface area contributed by atoms with Gasteiger partial charge in [-0.05, 0) is 72.6 Å². The van der Waals surface area contributed by atoms with Crippen LogP contribution in [0, 0.1) is 0 Å². The van der Waals surface area contributed by atoms with Gasteiger partial charge in [0.2, 0.25) is 0 Å². The van der Waals surface area contributed by atoms with Gasteiger partial charge in [-0.2, -0.15) is 0 Å². The molecule has 0 amide bonds. The van der Waals surface area contributed by atoms with Crippen LogP contribution in [-0.4, -0.2) is 12.6 Å². The van der Waals surface area contributed by atoms with Gasteiger partial charge >= 0.3 is 5.97 Å². The van der Waals surface area contributed by atoms with E-state index < -0.39 is 0 Å². The fourth-order valence-corrected chi connectivity index (χ4v) is 4.57. The largest absolute Gasteiger partial charge is 0.423 e. The van der Waals surface area contributed by atoms with E-state index in [9.17, 15) is 4.79 Å². The van der Waals surface area contributed by atoms with E-state index in [0.29, 0.717) is 17.2 Å². The first-order chi connectivity index (χ1) is 17.6. The highest BCUT2D eigenvalue weighted by Gasteiger charge is 2.18. The van der Waals surface area contributed by atoms with Crippen LogP contribution in [0.5, 0.6) is 5.75 Å². The third-order valence-electron chi connectivity index (χ3n) is 6.80. The van der Waals surface area contributed by atoms with Gasteiger partial charge < -0.3 is 9.47 Å². The van der Waals surface area contributed by atoms with Crippen LogP contribution in [-0.2, 0) is 4.74 Å². The second kappa shape index (κ2) is 14.6. The Bertz CT molecular complexity index is 1050. The van der Waals surface area contributed by atoms with Crippen molar-refractivity contribution < 1.29 is 14.3 Å². The fraction of sp³-hybridized carbons (Fsp3) is 0.424. The summed E-state index contributed by atoms with van der Waals surface area (Å²) in [5, 5.41) is 0. The van der Waals surface area contributed by atoms with Crippen molar-refractivity contribution in [1.82, 2.24) is 0 Å². The molecule has 3 rings (SSSR count). The Balaban J connectivity index is 1.68. The lowest BCUT2D eigenvalue weighted by molar-refractivity contribution is 0.0637. The number of unbranched alkanes of at least 4 members (excludes halogenated alkanes) is 2. The number of benzene rings is 3. The molecule has 0 radical (unpaired) electrons. The summed E-state index contributed by atoms with van der Waals surface area (Å²) in [6, 6.07) is 24.2. The van der Waals surface area contributed by atoms with Gasteiger partial charge in [0.1, 0.15) is 5.75 Å². The molecule has 3 aromatic carbocycles. The van der Waals surface area contributed by atoms with E-state index >= 15 is 0 Å². The molecule has 0 fully saturated rings. The van der Waals surface area contributed by atoms with Crippen LogP contribution >= 0.6 is 0 Å². The summed E-state index contributed by atoms with van der Waals surface area (Å²) in [5.41, 5.74) is 5.06. The number of hydrogen-bond donors (Lipinski definition) is 0. The van der Waals surface area contributed by atoms with Gasteiger partial charge in [0.25, 0.3) is 0 Å². The first-order valence-corrected chi connectivity index (χ1v) is 13.7. The van der Waals surface area contributed by atoms with E-state index in [-0.39, 0.29) is 12.1 Å². The first-order valence-electron chi connectivity index (χ1n) is 13.7. The average Bonchev–Trinajstić information content (AvgIpc) is 2.91. The summed E-state index contributed by atoms with van der Waals surface area (Å²) >= 11 is 0. The van der Waals surface area contributed by atoms with E-state index in [1.807, 2.05) is 42.5 Å². The third-order valence-corrected chi connectivity index (χ3v) is 6.80. The number of ether oxygens (including phenoxy) is 2. The second-order valence-electron chi connectivity index (χ2n) is 9.62. The third kappa shape index (κ3) is 7.80. The molecule has 0 heterocycles. The standard InChI is InChI=1S/C33H42O3/c1-5-8-13-29(12-7-3)31-14-10-11-15-32(31)36-33(34)30-22-20-28(21-23-30)27-18-16-26(17-19-27)25(4)35-24-9-6-2/h10-11,14-23,25,29H,5-9,12-13,24H2,1-4H3. The number of hydrogen-bond acceptors (Lipinski definition) is 3. The molecule has 3 aromatic rings. The molecule has 0 spiro atoms. The van der Waals surface area contributed by atoms with Crippen LogP contribution in [0.2, 0.25) is 0 Å². The van der Waals surface area contributed by atoms with Crippen LogP contribution in [0.25, 0.3) is 11.1 Å². The molecule has 0 bridgehead atoms. The summed E-state index contributed by atoms with van der Waals surface area (Å²) in [5.74, 6) is 0.796. The Kier molecular flexibility index (Phi) is 11.2. The summed E-state index contributed by atoms with van der Waals surface area (Å²) in [6.45, 7) is 9.49. The van der Waals surface area contributed by atoms with E-state index in [1.54, 1.807) is 0 Å². The van der Waals surface area contributed by atoms with Crippen molar-refractivity contribution >= 4 is 5.97 Å². The molecule has 0 saturated carbocycles. The molecule has 0 N–H and O–H groups in total. The van der Waals surface area contributed by atoms with Gasteiger partial charge in [0, 0.05) is 6.61 Å². The normalized spacial score (nSPS) is 12.8. The molecule has 3 nitrogen and oxygen atoms in total.